The normalized spacial score (nSPS) is 19.8. The third kappa shape index (κ3) is 4.62. The molecule has 1 saturated carbocycles. The molecule has 3 heterocycles. The first kappa shape index (κ1) is 24.8. The number of aromatic nitrogens is 1. The fraction of sp³-hybridized carbons (Fsp3) is 0.241. The van der Waals surface area contributed by atoms with Crippen molar-refractivity contribution >= 4 is 35.2 Å². The number of nitrogens with one attached hydrogen (secondary N) is 1. The van der Waals surface area contributed by atoms with Crippen molar-refractivity contribution < 1.29 is 23.5 Å². The van der Waals surface area contributed by atoms with E-state index >= 15 is 0 Å². The topological polar surface area (TPSA) is 82.8 Å². The van der Waals surface area contributed by atoms with Gasteiger partial charge in [-0.05, 0) is 68.3 Å². The Labute approximate surface area is 229 Å². The molecule has 0 bridgehead atoms. The molecule has 1 unspecified atom stereocenters. The monoisotopic (exact) mass is 550 g/mol. The molecule has 0 amide bonds. The summed E-state index contributed by atoms with van der Waals surface area (Å²) in [6.07, 6.45) is 9.69. The molecule has 38 heavy (non-hydrogen) atoms. The van der Waals surface area contributed by atoms with Crippen LogP contribution >= 0.6 is 23.2 Å². The first-order chi connectivity index (χ1) is 18.3. The van der Waals surface area contributed by atoms with Gasteiger partial charge in [-0.2, -0.15) is 0 Å². The third-order valence-corrected chi connectivity index (χ3v) is 7.40. The molecule has 7 nitrogen and oxygen atoms in total. The average Bonchev–Trinajstić information content (AvgIpc) is 3.70. The number of ether oxygens (including phenoxy) is 3. The third-order valence-electron chi connectivity index (χ3n) is 6.77. The van der Waals surface area contributed by atoms with Crippen LogP contribution in [-0.2, 0) is 16.1 Å². The molecule has 2 aliphatic heterocycles. The summed E-state index contributed by atoms with van der Waals surface area (Å²) in [4.78, 5) is 12.0. The molecular formula is C29H24Cl2N2O5. The molecule has 1 atom stereocenters. The van der Waals surface area contributed by atoms with Gasteiger partial charge in [-0.3, -0.25) is 0 Å². The number of halogens is 2. The van der Waals surface area contributed by atoms with E-state index in [1.807, 2.05) is 37.3 Å². The van der Waals surface area contributed by atoms with Crippen LogP contribution in [-0.4, -0.2) is 24.0 Å². The number of benzene rings is 2. The zero-order valence-electron chi connectivity index (χ0n) is 20.7. The number of hydrogen-bond acceptors (Lipinski definition) is 7. The van der Waals surface area contributed by atoms with Crippen LogP contribution in [0.1, 0.15) is 52.9 Å². The zero-order chi connectivity index (χ0) is 26.4. The van der Waals surface area contributed by atoms with Gasteiger partial charge in [-0.15, -0.1) is 0 Å². The molecular weight excluding hydrogens is 527 g/mol. The van der Waals surface area contributed by atoms with Gasteiger partial charge in [0.15, 0.2) is 5.72 Å². The summed E-state index contributed by atoms with van der Waals surface area (Å²) < 4.78 is 23.2. The van der Waals surface area contributed by atoms with Gasteiger partial charge in [-0.1, -0.05) is 40.5 Å². The van der Waals surface area contributed by atoms with Gasteiger partial charge in [0.05, 0.1) is 35.0 Å². The van der Waals surface area contributed by atoms with Crippen LogP contribution in [0.25, 0.3) is 17.3 Å². The number of allylic oxidation sites excluding steroid dienone is 2. The Hall–Kier alpha value is -3.52. The molecule has 1 aromatic heterocycles. The predicted octanol–water partition coefficient (Wildman–Crippen LogP) is 7.02. The zero-order valence-corrected chi connectivity index (χ0v) is 22.2. The SMILES string of the molecule is COC(=O)c1ccc2c(c1)OC1=C(C=C2)NC(C)(OCc2c(-c3c(Cl)cccc3Cl)noc2C2CC2)C=C1. The lowest BCUT2D eigenvalue weighted by atomic mass is 10.0. The van der Waals surface area contributed by atoms with Crippen molar-refractivity contribution in [3.63, 3.8) is 0 Å². The van der Waals surface area contributed by atoms with Crippen molar-refractivity contribution in [2.24, 2.45) is 0 Å². The molecule has 3 aliphatic rings. The van der Waals surface area contributed by atoms with Crippen molar-refractivity contribution in [3.8, 4) is 17.0 Å². The number of carbonyl (C=O) groups excluding carboxylic acids is 1. The van der Waals surface area contributed by atoms with Crippen molar-refractivity contribution in [2.75, 3.05) is 7.11 Å². The maximum atomic E-state index is 12.0. The Morgan fingerprint density at radius 3 is 2.68 bits per heavy atom. The number of dihydropyridines is 1. The summed E-state index contributed by atoms with van der Waals surface area (Å²) in [5, 5.41) is 8.78. The van der Waals surface area contributed by atoms with E-state index in [-0.39, 0.29) is 6.61 Å². The number of carbonyl (C=O) groups is 1. The molecule has 0 radical (unpaired) electrons. The molecule has 9 heteroatoms. The van der Waals surface area contributed by atoms with E-state index in [0.717, 1.165) is 35.4 Å². The van der Waals surface area contributed by atoms with Gasteiger partial charge < -0.3 is 24.1 Å². The van der Waals surface area contributed by atoms with Crippen LogP contribution in [0.2, 0.25) is 10.0 Å². The van der Waals surface area contributed by atoms with Crippen LogP contribution in [0, 0.1) is 0 Å². The van der Waals surface area contributed by atoms with Gasteiger partial charge in [0.1, 0.15) is 23.0 Å². The number of esters is 1. The Morgan fingerprint density at radius 2 is 1.95 bits per heavy atom. The molecule has 0 spiro atoms. The van der Waals surface area contributed by atoms with E-state index in [0.29, 0.717) is 44.3 Å². The van der Waals surface area contributed by atoms with Gasteiger partial charge in [0.2, 0.25) is 0 Å². The minimum absolute atomic E-state index is 0.232. The Kier molecular flexibility index (Phi) is 6.30. The molecule has 2 aromatic carbocycles. The summed E-state index contributed by atoms with van der Waals surface area (Å²) in [6, 6.07) is 10.6. The van der Waals surface area contributed by atoms with Gasteiger partial charge >= 0.3 is 5.97 Å². The summed E-state index contributed by atoms with van der Waals surface area (Å²) in [7, 11) is 1.35. The largest absolute Gasteiger partial charge is 0.465 e. The first-order valence-corrected chi connectivity index (χ1v) is 13.0. The lowest BCUT2D eigenvalue weighted by Gasteiger charge is -2.32. The highest BCUT2D eigenvalue weighted by atomic mass is 35.5. The van der Waals surface area contributed by atoms with Crippen molar-refractivity contribution in [1.82, 2.24) is 10.5 Å². The summed E-state index contributed by atoms with van der Waals surface area (Å²) >= 11 is 13.0. The fourth-order valence-corrected chi connectivity index (χ4v) is 5.14. The lowest BCUT2D eigenvalue weighted by Crippen LogP contribution is -2.44. The second kappa shape index (κ2) is 9.66. The summed E-state index contributed by atoms with van der Waals surface area (Å²) in [5.74, 6) is 1.88. The van der Waals surface area contributed by atoms with Crippen molar-refractivity contribution in [3.05, 3.63) is 98.6 Å². The van der Waals surface area contributed by atoms with Gasteiger partial charge in [0, 0.05) is 22.6 Å². The maximum absolute atomic E-state index is 12.0. The van der Waals surface area contributed by atoms with Gasteiger partial charge in [0.25, 0.3) is 0 Å². The molecule has 0 saturated heterocycles. The van der Waals surface area contributed by atoms with Gasteiger partial charge in [-0.25, -0.2) is 4.79 Å². The van der Waals surface area contributed by atoms with Crippen LogP contribution in [0.15, 0.2) is 70.6 Å². The standard InChI is InChI=1S/C29H24Cl2N2O5/c1-29(13-12-23-22(32-29)11-10-16-6-9-18(28(34)35-2)14-24(16)37-23)36-15-19-26(33-38-27(19)17-7-8-17)25-20(30)4-3-5-21(25)31/h3-6,9-14,17,32H,7-8,15H2,1-2H3. The van der Waals surface area contributed by atoms with Crippen molar-refractivity contribution in [1.29, 1.82) is 0 Å². The molecule has 1 aliphatic carbocycles. The number of fused-ring (bicyclic) bond motifs is 1. The number of hydrogen-bond donors (Lipinski definition) is 1. The Balaban J connectivity index is 1.25. The van der Waals surface area contributed by atoms with Crippen LogP contribution in [0.3, 0.4) is 0 Å². The van der Waals surface area contributed by atoms with Crippen LogP contribution < -0.4 is 10.1 Å². The van der Waals surface area contributed by atoms with E-state index in [9.17, 15) is 4.79 Å². The highest BCUT2D eigenvalue weighted by Crippen LogP contribution is 2.46. The smallest absolute Gasteiger partial charge is 0.337 e. The summed E-state index contributed by atoms with van der Waals surface area (Å²) in [5.41, 5.74) is 3.22. The van der Waals surface area contributed by atoms with Crippen molar-refractivity contribution in [2.45, 2.75) is 38.0 Å². The van der Waals surface area contributed by atoms with E-state index in [1.165, 1.54) is 7.11 Å². The van der Waals surface area contributed by atoms with Crippen LogP contribution in [0.4, 0.5) is 0 Å². The number of methoxy groups -OCH3 is 1. The minimum Gasteiger partial charge on any atom is -0.465 e. The Bertz CT molecular complexity index is 1520. The Morgan fingerprint density at radius 1 is 1.16 bits per heavy atom. The van der Waals surface area contributed by atoms with E-state index < -0.39 is 11.7 Å². The second-order valence-electron chi connectivity index (χ2n) is 9.56. The minimum atomic E-state index is -0.847. The molecule has 1 fully saturated rings. The second-order valence-corrected chi connectivity index (χ2v) is 10.4. The van der Waals surface area contributed by atoms with Crippen LogP contribution in [0.5, 0.6) is 5.75 Å². The van der Waals surface area contributed by atoms with E-state index in [1.54, 1.807) is 30.3 Å². The molecule has 1 N–H and O–H groups in total. The fourth-order valence-electron chi connectivity index (χ4n) is 4.56. The maximum Gasteiger partial charge on any atom is 0.337 e. The molecule has 3 aromatic rings. The molecule has 6 rings (SSSR count). The average molecular weight is 551 g/mol. The summed E-state index contributed by atoms with van der Waals surface area (Å²) in [6.45, 7) is 2.16. The number of nitrogens with zero attached hydrogens (tertiary/aromatic N) is 1. The highest BCUT2D eigenvalue weighted by molar-refractivity contribution is 6.39. The van der Waals surface area contributed by atoms with E-state index in [4.69, 9.17) is 41.9 Å². The highest BCUT2D eigenvalue weighted by Gasteiger charge is 2.35. The molecule has 194 valence electrons. The first-order valence-electron chi connectivity index (χ1n) is 12.2. The lowest BCUT2D eigenvalue weighted by molar-refractivity contribution is -0.0261. The number of rotatable bonds is 6. The van der Waals surface area contributed by atoms with E-state index in [2.05, 4.69) is 10.5 Å². The quantitative estimate of drug-likeness (QED) is 0.330. The predicted molar refractivity (Wildman–Crippen MR) is 144 cm³/mol.